The Morgan fingerprint density at radius 2 is 0.889 bits per heavy atom. The number of nitrogens with zero attached hydrogens (tertiary/aromatic N) is 2. The lowest BCUT2D eigenvalue weighted by atomic mass is 9.67. The Morgan fingerprint density at radius 3 is 1.65 bits per heavy atom. The van der Waals surface area contributed by atoms with Gasteiger partial charge < -0.3 is 0 Å². The third-order valence-corrected chi connectivity index (χ3v) is 12.3. The highest BCUT2D eigenvalue weighted by Gasteiger charge is 2.49. The minimum atomic E-state index is -0.364. The van der Waals surface area contributed by atoms with E-state index in [9.17, 15) is 0 Å². The van der Waals surface area contributed by atoms with Gasteiger partial charge >= 0.3 is 0 Å². The van der Waals surface area contributed by atoms with Crippen LogP contribution in [0.2, 0.25) is 0 Å². The molecule has 0 saturated carbocycles. The Morgan fingerprint density at radius 1 is 0.333 bits per heavy atom. The van der Waals surface area contributed by atoms with E-state index in [1.54, 1.807) is 0 Å². The van der Waals surface area contributed by atoms with Crippen LogP contribution in [0.25, 0.3) is 66.9 Å². The maximum absolute atomic E-state index is 5.15. The van der Waals surface area contributed by atoms with Gasteiger partial charge in [0.1, 0.15) is 0 Å². The van der Waals surface area contributed by atoms with E-state index in [-0.39, 0.29) is 5.41 Å². The molecular formula is C51H32N2S. The van der Waals surface area contributed by atoms with E-state index in [1.807, 2.05) is 17.8 Å². The number of rotatable bonds is 4. The minimum absolute atomic E-state index is 0.364. The molecule has 0 N–H and O–H groups in total. The van der Waals surface area contributed by atoms with E-state index < -0.39 is 0 Å². The summed E-state index contributed by atoms with van der Waals surface area (Å²) in [6, 6.07) is 70.2. The van der Waals surface area contributed by atoms with Crippen LogP contribution in [-0.2, 0) is 5.41 Å². The van der Waals surface area contributed by atoms with Gasteiger partial charge in [0.2, 0.25) is 0 Å². The zero-order chi connectivity index (χ0) is 35.6. The van der Waals surface area contributed by atoms with E-state index in [1.165, 1.54) is 59.5 Å². The lowest BCUT2D eigenvalue weighted by Gasteiger charge is -2.39. The van der Waals surface area contributed by atoms with Crippen LogP contribution in [0.5, 0.6) is 0 Å². The van der Waals surface area contributed by atoms with Crippen molar-refractivity contribution < 1.29 is 0 Å². The molecule has 8 aromatic carbocycles. The number of benzene rings is 8. The zero-order valence-corrected chi connectivity index (χ0v) is 30.1. The first-order valence-corrected chi connectivity index (χ1v) is 19.2. The van der Waals surface area contributed by atoms with Gasteiger partial charge in [-0.2, -0.15) is 0 Å². The molecule has 0 saturated heterocycles. The molecule has 1 aliphatic carbocycles. The zero-order valence-electron chi connectivity index (χ0n) is 29.3. The smallest absolute Gasteiger partial charge is 0.160 e. The summed E-state index contributed by atoms with van der Waals surface area (Å²) in [6.45, 7) is 0. The van der Waals surface area contributed by atoms with E-state index >= 15 is 0 Å². The fourth-order valence-corrected chi connectivity index (χ4v) is 9.91. The molecule has 1 aliphatic heterocycles. The Balaban J connectivity index is 1.01. The maximum atomic E-state index is 5.15. The van der Waals surface area contributed by atoms with E-state index in [0.29, 0.717) is 5.82 Å². The van der Waals surface area contributed by atoms with E-state index in [4.69, 9.17) is 9.97 Å². The molecule has 0 radical (unpaired) electrons. The van der Waals surface area contributed by atoms with Crippen molar-refractivity contribution in [2.75, 3.05) is 0 Å². The van der Waals surface area contributed by atoms with Gasteiger partial charge in [0, 0.05) is 26.5 Å². The summed E-state index contributed by atoms with van der Waals surface area (Å²) in [7, 11) is 0. The number of fused-ring (bicyclic) bond motifs is 10. The normalized spacial score (nSPS) is 13.3. The van der Waals surface area contributed by atoms with Crippen LogP contribution in [0.3, 0.4) is 0 Å². The number of hydrogen-bond acceptors (Lipinski definition) is 3. The molecule has 0 fully saturated rings. The van der Waals surface area contributed by atoms with Crippen LogP contribution in [-0.4, -0.2) is 9.97 Å². The largest absolute Gasteiger partial charge is 0.228 e. The molecule has 1 spiro atoms. The predicted octanol–water partition coefficient (Wildman–Crippen LogP) is 13.1. The summed E-state index contributed by atoms with van der Waals surface area (Å²) in [6.07, 6.45) is 0. The molecule has 0 bridgehead atoms. The lowest BCUT2D eigenvalue weighted by Crippen LogP contribution is -2.31. The first kappa shape index (κ1) is 31.0. The van der Waals surface area contributed by atoms with Gasteiger partial charge in [0.25, 0.3) is 0 Å². The third-order valence-electron chi connectivity index (χ3n) is 11.2. The van der Waals surface area contributed by atoms with Gasteiger partial charge in [-0.3, -0.25) is 0 Å². The van der Waals surface area contributed by atoms with Gasteiger partial charge in [-0.1, -0.05) is 182 Å². The highest BCUT2D eigenvalue weighted by molar-refractivity contribution is 7.99. The molecule has 252 valence electrons. The van der Waals surface area contributed by atoms with Crippen LogP contribution in [0, 0.1) is 0 Å². The van der Waals surface area contributed by atoms with Gasteiger partial charge in [-0.05, 0) is 79.5 Å². The topological polar surface area (TPSA) is 25.8 Å². The second-order valence-corrected chi connectivity index (χ2v) is 15.2. The summed E-state index contributed by atoms with van der Waals surface area (Å²) < 4.78 is 0. The molecule has 9 aromatic rings. The van der Waals surface area contributed by atoms with Crippen molar-refractivity contribution in [2.45, 2.75) is 15.2 Å². The van der Waals surface area contributed by atoms with Crippen LogP contribution < -0.4 is 0 Å². The first-order chi connectivity index (χ1) is 26.7. The van der Waals surface area contributed by atoms with Crippen LogP contribution >= 0.6 is 11.8 Å². The highest BCUT2D eigenvalue weighted by Crippen LogP contribution is 2.62. The molecule has 0 unspecified atom stereocenters. The van der Waals surface area contributed by atoms with Gasteiger partial charge in [0.05, 0.1) is 16.8 Å². The predicted molar refractivity (Wildman–Crippen MR) is 223 cm³/mol. The standard InChI is InChI=1S/C51H32N2S/c1-2-13-35(14-3-1)46-32-47(39-27-24-33-12-4-5-15-37(33)30-39)53-50(52-46)36-25-22-34(23-26-36)38-28-29-45-49(31-38)54-48-21-11-10-20-44(48)51(45)42-18-8-6-16-40(42)41-17-7-9-19-43(41)51/h1-32H. The molecule has 3 heteroatoms. The van der Waals surface area contributed by atoms with Crippen LogP contribution in [0.1, 0.15) is 22.3 Å². The summed E-state index contributed by atoms with van der Waals surface area (Å²) in [5.41, 5.74) is 15.0. The Kier molecular flexibility index (Phi) is 7.05. The average molecular weight is 705 g/mol. The average Bonchev–Trinajstić information content (AvgIpc) is 3.54. The molecule has 2 nitrogen and oxygen atoms in total. The van der Waals surface area contributed by atoms with Crippen molar-refractivity contribution in [3.63, 3.8) is 0 Å². The summed E-state index contributed by atoms with van der Waals surface area (Å²) in [5, 5.41) is 2.41. The lowest BCUT2D eigenvalue weighted by molar-refractivity contribution is 0.722. The summed E-state index contributed by atoms with van der Waals surface area (Å²) in [4.78, 5) is 12.9. The quantitative estimate of drug-likeness (QED) is 0.182. The Hall–Kier alpha value is -6.55. The fourth-order valence-electron chi connectivity index (χ4n) is 8.68. The van der Waals surface area contributed by atoms with Gasteiger partial charge in [-0.25, -0.2) is 9.97 Å². The van der Waals surface area contributed by atoms with Gasteiger partial charge in [-0.15, -0.1) is 0 Å². The molecule has 11 rings (SSSR count). The summed E-state index contributed by atoms with van der Waals surface area (Å²) >= 11 is 1.88. The molecular weight excluding hydrogens is 673 g/mol. The molecule has 0 amide bonds. The molecule has 1 aromatic heterocycles. The SMILES string of the molecule is c1ccc(-c2cc(-c3ccc4ccccc4c3)nc(-c3ccc(-c4ccc5c(c4)Sc4ccccc4C54c5ccccc5-c5ccccc54)cc3)n2)cc1. The molecule has 0 atom stereocenters. The maximum Gasteiger partial charge on any atom is 0.160 e. The Labute approximate surface area is 318 Å². The van der Waals surface area contributed by atoms with Crippen molar-refractivity contribution in [1.82, 2.24) is 9.97 Å². The molecule has 54 heavy (non-hydrogen) atoms. The van der Waals surface area contributed by atoms with Crippen molar-refractivity contribution in [1.29, 1.82) is 0 Å². The van der Waals surface area contributed by atoms with Crippen molar-refractivity contribution >= 4 is 22.5 Å². The van der Waals surface area contributed by atoms with Crippen LogP contribution in [0.4, 0.5) is 0 Å². The fraction of sp³-hybridized carbons (Fsp3) is 0.0196. The number of aromatic nitrogens is 2. The van der Waals surface area contributed by atoms with Crippen molar-refractivity contribution in [2.24, 2.45) is 0 Å². The summed E-state index contributed by atoms with van der Waals surface area (Å²) in [5.74, 6) is 0.712. The van der Waals surface area contributed by atoms with Crippen molar-refractivity contribution in [3.8, 4) is 56.2 Å². The monoisotopic (exact) mass is 704 g/mol. The number of hydrogen-bond donors (Lipinski definition) is 0. The van der Waals surface area contributed by atoms with E-state index in [0.717, 1.165) is 33.6 Å². The second kappa shape index (κ2) is 12.3. The Bertz CT molecular complexity index is 2870. The van der Waals surface area contributed by atoms with Crippen molar-refractivity contribution in [3.05, 3.63) is 216 Å². The second-order valence-electron chi connectivity index (χ2n) is 14.1. The molecule has 2 heterocycles. The van der Waals surface area contributed by atoms with Gasteiger partial charge in [0.15, 0.2) is 5.82 Å². The molecule has 2 aliphatic rings. The van der Waals surface area contributed by atoms with E-state index in [2.05, 4.69) is 188 Å². The third kappa shape index (κ3) is 4.75. The van der Waals surface area contributed by atoms with Crippen LogP contribution in [0.15, 0.2) is 204 Å². The minimum Gasteiger partial charge on any atom is -0.228 e. The first-order valence-electron chi connectivity index (χ1n) is 18.4. The highest BCUT2D eigenvalue weighted by atomic mass is 32.2.